The summed E-state index contributed by atoms with van der Waals surface area (Å²) in [5.41, 5.74) is 3.61. The highest BCUT2D eigenvalue weighted by Gasteiger charge is 2.44. The number of aliphatic hydroxyl groups excluding tert-OH is 1. The number of anilines is 3. The third kappa shape index (κ3) is 11.1. The van der Waals surface area contributed by atoms with Crippen LogP contribution in [0.3, 0.4) is 0 Å². The zero-order valence-corrected chi connectivity index (χ0v) is 44.3. The molecule has 0 radical (unpaired) electrons. The number of ether oxygens (including phenoxy) is 1. The van der Waals surface area contributed by atoms with Crippen molar-refractivity contribution < 1.29 is 33.6 Å². The summed E-state index contributed by atoms with van der Waals surface area (Å²) >= 11 is -1.14. The van der Waals surface area contributed by atoms with Crippen molar-refractivity contribution in [2.45, 2.75) is 136 Å². The van der Waals surface area contributed by atoms with Gasteiger partial charge in [-0.2, -0.15) is 4.98 Å². The molecule has 1 aliphatic carbocycles. The molecule has 7 aliphatic heterocycles. The van der Waals surface area contributed by atoms with Gasteiger partial charge in [0.25, 0.3) is 5.91 Å². The summed E-state index contributed by atoms with van der Waals surface area (Å²) in [6.45, 7) is 11.2. The smallest absolute Gasteiger partial charge is 0.326 e. The van der Waals surface area contributed by atoms with Gasteiger partial charge in [-0.15, -0.1) is 0 Å². The highest BCUT2D eigenvalue weighted by atomic mass is 32.2. The van der Waals surface area contributed by atoms with Crippen molar-refractivity contribution in [2.24, 2.45) is 0 Å². The van der Waals surface area contributed by atoms with Gasteiger partial charge < -0.3 is 54.8 Å². The zero-order chi connectivity index (χ0) is 51.7. The number of imide groups is 1. The van der Waals surface area contributed by atoms with Gasteiger partial charge >= 0.3 is 5.97 Å². The first kappa shape index (κ1) is 52.0. The molecule has 3 aromatic rings. The molecule has 5 saturated heterocycles. The SMILES string of the molecule is COC(=O)C1(NCCNC2CCN(CCN3CCC(c4ccc5c(c4)CN(C4CCC(=O)NC4=O)C5=O)CC3)CC2)CCN(c2cnc(C3CCN(c4nc5c(c(NC6(CO)CCC6)n4)[S@+]([O-])CC5)CC3)nc2)CC1. The number of amides is 3. The van der Waals surface area contributed by atoms with E-state index in [1.807, 2.05) is 18.5 Å². The van der Waals surface area contributed by atoms with Crippen LogP contribution in [0.2, 0.25) is 0 Å². The van der Waals surface area contributed by atoms with Gasteiger partial charge in [-0.3, -0.25) is 24.5 Å². The minimum atomic E-state index is -1.14. The fraction of sp³-hybridized carbons (Fsp3) is 0.667. The van der Waals surface area contributed by atoms with Crippen molar-refractivity contribution >= 4 is 52.3 Å². The van der Waals surface area contributed by atoms with E-state index in [0.29, 0.717) is 91.8 Å². The maximum absolute atomic E-state index is 13.3. The lowest BCUT2D eigenvalue weighted by Crippen LogP contribution is -2.60. The highest BCUT2D eigenvalue weighted by molar-refractivity contribution is 7.91. The maximum Gasteiger partial charge on any atom is 0.326 e. The van der Waals surface area contributed by atoms with Crippen molar-refractivity contribution in [1.29, 1.82) is 0 Å². The van der Waals surface area contributed by atoms with Crippen LogP contribution in [0.25, 0.3) is 0 Å². The molecule has 2 atom stereocenters. The molecule has 20 nitrogen and oxygen atoms in total. The van der Waals surface area contributed by atoms with Gasteiger partial charge in [0.05, 0.1) is 37.3 Å². The van der Waals surface area contributed by atoms with Crippen LogP contribution in [0.15, 0.2) is 35.5 Å². The molecule has 0 bridgehead atoms. The first-order chi connectivity index (χ1) is 36.5. The van der Waals surface area contributed by atoms with E-state index < -0.39 is 28.3 Å². The van der Waals surface area contributed by atoms with Crippen LogP contribution < -0.4 is 31.1 Å². The molecule has 404 valence electrons. The Kier molecular flexibility index (Phi) is 15.6. The maximum atomic E-state index is 13.3. The molecular formula is C54H75N13O7S. The zero-order valence-electron chi connectivity index (χ0n) is 43.5. The normalized spacial score (nSPS) is 24.7. The van der Waals surface area contributed by atoms with Crippen LogP contribution in [0.1, 0.15) is 128 Å². The molecule has 5 N–H and O–H groups in total. The van der Waals surface area contributed by atoms with Gasteiger partial charge in [0, 0.05) is 89.3 Å². The van der Waals surface area contributed by atoms with Crippen LogP contribution in [0.5, 0.6) is 0 Å². The molecule has 75 heavy (non-hydrogen) atoms. The fourth-order valence-electron chi connectivity index (χ4n) is 13.0. The molecular weight excluding hydrogens is 975 g/mol. The number of hydrogen-bond donors (Lipinski definition) is 5. The summed E-state index contributed by atoms with van der Waals surface area (Å²) in [5.74, 6) is 2.37. The van der Waals surface area contributed by atoms with Gasteiger partial charge in [-0.05, 0) is 138 Å². The van der Waals surface area contributed by atoms with Crippen LogP contribution in [-0.2, 0) is 43.3 Å². The Balaban J connectivity index is 0.578. The Hall–Kier alpha value is -5.03. The Labute approximate surface area is 443 Å². The highest BCUT2D eigenvalue weighted by Crippen LogP contribution is 2.40. The molecule has 1 unspecified atom stereocenters. The molecule has 0 spiro atoms. The van der Waals surface area contributed by atoms with E-state index in [2.05, 4.69) is 53.0 Å². The minimum Gasteiger partial charge on any atom is -0.611 e. The van der Waals surface area contributed by atoms with Gasteiger partial charge in [-0.25, -0.2) is 15.0 Å². The summed E-state index contributed by atoms with van der Waals surface area (Å²) in [7, 11) is 1.48. The summed E-state index contributed by atoms with van der Waals surface area (Å²) < 4.78 is 18.3. The van der Waals surface area contributed by atoms with Crippen LogP contribution in [0.4, 0.5) is 17.5 Å². The number of hydrogen-bond acceptors (Lipinski definition) is 18. The Morgan fingerprint density at radius 3 is 2.23 bits per heavy atom. The number of esters is 1. The van der Waals surface area contributed by atoms with Crippen LogP contribution >= 0.6 is 0 Å². The quantitative estimate of drug-likeness (QED) is 0.0565. The number of aliphatic hydroxyl groups is 1. The fourth-order valence-corrected chi connectivity index (χ4v) is 14.3. The number of fused-ring (bicyclic) bond motifs is 2. The largest absolute Gasteiger partial charge is 0.611 e. The van der Waals surface area contributed by atoms with E-state index in [1.165, 1.54) is 12.7 Å². The first-order valence-electron chi connectivity index (χ1n) is 27.8. The molecule has 2 aromatic heterocycles. The Bertz CT molecular complexity index is 2550. The number of rotatable bonds is 17. The number of nitrogens with one attached hydrogen (secondary N) is 4. The average molecular weight is 1050 g/mol. The lowest BCUT2D eigenvalue weighted by atomic mass is 9.77. The molecule has 21 heteroatoms. The summed E-state index contributed by atoms with van der Waals surface area (Å²) in [6.07, 6.45) is 15.3. The van der Waals surface area contributed by atoms with Crippen molar-refractivity contribution in [2.75, 3.05) is 113 Å². The predicted octanol–water partition coefficient (Wildman–Crippen LogP) is 2.44. The van der Waals surface area contributed by atoms with Crippen molar-refractivity contribution in [3.05, 3.63) is 58.8 Å². The second-order valence-electron chi connectivity index (χ2n) is 22.4. The molecule has 6 fully saturated rings. The van der Waals surface area contributed by atoms with E-state index in [0.717, 1.165) is 139 Å². The van der Waals surface area contributed by atoms with Gasteiger partial charge in [-0.1, -0.05) is 12.1 Å². The lowest BCUT2D eigenvalue weighted by Gasteiger charge is -2.41. The van der Waals surface area contributed by atoms with Crippen LogP contribution in [-0.4, -0.2) is 189 Å². The monoisotopic (exact) mass is 1050 g/mol. The minimum absolute atomic E-state index is 0.0266. The van der Waals surface area contributed by atoms with Gasteiger partial charge in [0.2, 0.25) is 22.7 Å². The van der Waals surface area contributed by atoms with Crippen molar-refractivity contribution in [3.63, 3.8) is 0 Å². The lowest BCUT2D eigenvalue weighted by molar-refractivity contribution is -0.149. The number of aromatic nitrogens is 4. The number of carbonyl (C=O) groups is 4. The predicted molar refractivity (Wildman–Crippen MR) is 283 cm³/mol. The van der Waals surface area contributed by atoms with E-state index >= 15 is 0 Å². The number of carbonyl (C=O) groups excluding carboxylic acids is 4. The molecule has 11 rings (SSSR count). The Morgan fingerprint density at radius 2 is 1.56 bits per heavy atom. The first-order valence-corrected chi connectivity index (χ1v) is 29.1. The number of methoxy groups -OCH3 is 1. The number of piperidine rings is 5. The average Bonchev–Trinajstić information content (AvgIpc) is 3.98. The topological polar surface area (TPSA) is 237 Å². The Morgan fingerprint density at radius 1 is 0.853 bits per heavy atom. The van der Waals surface area contributed by atoms with E-state index in [-0.39, 0.29) is 42.6 Å². The summed E-state index contributed by atoms with van der Waals surface area (Å²) in [5, 5.41) is 23.4. The van der Waals surface area contributed by atoms with Crippen LogP contribution in [0, 0.1) is 0 Å². The number of likely N-dealkylation sites (tertiary alicyclic amines) is 2. The summed E-state index contributed by atoms with van der Waals surface area (Å²) in [4.78, 5) is 82.2. The van der Waals surface area contributed by atoms with E-state index in [9.17, 15) is 28.8 Å². The molecule has 1 saturated carbocycles. The standard InChI is InChI=1S/C54H75N13O7S/c1-74-51(72)54(16-26-65(27-17-54)41-32-56-47(57-33-41)37-9-24-66(25-10-37)52-59-43-13-30-75(73)46(43)48(61-52)62-53(35-68)14-2-15-53)58-19-18-55-40-11-22-64(23-12-40)29-28-63-20-7-36(8-21-63)38-3-4-42-39(31-38)34-67(50(42)71)44-5-6-45(69)60-49(44)70/h3-4,31-33,36-37,40,44,55,58,68H,2,5-30,34-35H2,1H3,(H,59,61,62)(H,60,69,70)/t44?,75-/m1/s1. The number of aryl methyl sites for hydroxylation is 1. The molecule has 3 amide bonds. The molecule has 1 aromatic carbocycles. The third-order valence-corrected chi connectivity index (χ3v) is 19.4. The van der Waals surface area contributed by atoms with Crippen molar-refractivity contribution in [3.8, 4) is 0 Å². The van der Waals surface area contributed by atoms with Gasteiger partial charge in [0.15, 0.2) is 5.82 Å². The second kappa shape index (κ2) is 22.5. The summed E-state index contributed by atoms with van der Waals surface area (Å²) in [6, 6.07) is 6.07. The molecule has 8 aliphatic rings. The molecule has 9 heterocycles. The van der Waals surface area contributed by atoms with E-state index in [1.54, 1.807) is 4.90 Å². The third-order valence-electron chi connectivity index (χ3n) is 18.0. The number of nitrogens with zero attached hydrogens (tertiary/aromatic N) is 9. The number of benzene rings is 1. The van der Waals surface area contributed by atoms with E-state index in [4.69, 9.17) is 24.7 Å². The second-order valence-corrected chi connectivity index (χ2v) is 23.9. The van der Waals surface area contributed by atoms with Gasteiger partial charge in [0.1, 0.15) is 28.9 Å². The van der Waals surface area contributed by atoms with Crippen molar-refractivity contribution in [1.82, 2.24) is 50.6 Å².